The molecule has 1 aliphatic carbocycles. The lowest BCUT2D eigenvalue weighted by atomic mass is 10.1. The lowest BCUT2D eigenvalue weighted by molar-refractivity contribution is -0.138. The first kappa shape index (κ1) is 18.1. The first-order valence-corrected chi connectivity index (χ1v) is 8.73. The number of aromatic nitrogens is 4. The van der Waals surface area contributed by atoms with Gasteiger partial charge in [0.15, 0.2) is 0 Å². The van der Waals surface area contributed by atoms with Crippen LogP contribution in [0.1, 0.15) is 34.3 Å². The average Bonchev–Trinajstić information content (AvgIpc) is 3.38. The van der Waals surface area contributed by atoms with E-state index in [1.165, 1.54) is 28.0 Å². The molecule has 1 aliphatic rings. The molecule has 0 unspecified atom stereocenters. The van der Waals surface area contributed by atoms with Crippen LogP contribution in [0.15, 0.2) is 54.9 Å². The Morgan fingerprint density at radius 1 is 1.14 bits per heavy atom. The minimum absolute atomic E-state index is 0.0505. The molecule has 3 aromatic rings. The zero-order chi connectivity index (χ0) is 19.7. The summed E-state index contributed by atoms with van der Waals surface area (Å²) in [6.45, 7) is -0.0890. The minimum Gasteiger partial charge on any atom is -0.331 e. The van der Waals surface area contributed by atoms with Crippen LogP contribution in [0.5, 0.6) is 0 Å². The number of hydrogen-bond acceptors (Lipinski definition) is 4. The number of tetrazole rings is 1. The van der Waals surface area contributed by atoms with Gasteiger partial charge in [-0.05, 0) is 53.1 Å². The van der Waals surface area contributed by atoms with Gasteiger partial charge in [-0.3, -0.25) is 4.79 Å². The van der Waals surface area contributed by atoms with E-state index in [0.29, 0.717) is 11.3 Å². The predicted octanol–water partition coefficient (Wildman–Crippen LogP) is 3.49. The third kappa shape index (κ3) is 3.73. The van der Waals surface area contributed by atoms with Crippen LogP contribution in [-0.2, 0) is 12.7 Å². The summed E-state index contributed by atoms with van der Waals surface area (Å²) in [5.41, 5.74) is 0.356. The van der Waals surface area contributed by atoms with Gasteiger partial charge in [0.25, 0.3) is 5.91 Å². The number of carbonyl (C=O) groups excluding carboxylic acids is 1. The molecule has 0 radical (unpaired) electrons. The molecule has 0 bridgehead atoms. The molecule has 1 aromatic heterocycles. The van der Waals surface area contributed by atoms with E-state index in [2.05, 4.69) is 15.5 Å². The van der Waals surface area contributed by atoms with Crippen molar-refractivity contribution in [2.75, 3.05) is 0 Å². The van der Waals surface area contributed by atoms with E-state index in [0.717, 1.165) is 18.9 Å². The van der Waals surface area contributed by atoms with Crippen LogP contribution >= 0.6 is 0 Å². The Kier molecular flexibility index (Phi) is 4.58. The van der Waals surface area contributed by atoms with Crippen molar-refractivity contribution in [1.82, 2.24) is 25.1 Å². The normalized spacial score (nSPS) is 14.1. The number of benzene rings is 2. The molecule has 1 fully saturated rings. The van der Waals surface area contributed by atoms with Gasteiger partial charge in [0, 0.05) is 18.2 Å². The van der Waals surface area contributed by atoms with Crippen LogP contribution in [0.25, 0.3) is 5.69 Å². The molecule has 0 aliphatic heterocycles. The van der Waals surface area contributed by atoms with E-state index < -0.39 is 11.7 Å². The molecule has 2 aromatic carbocycles. The van der Waals surface area contributed by atoms with Crippen molar-refractivity contribution in [3.63, 3.8) is 0 Å². The van der Waals surface area contributed by atoms with Crippen LogP contribution in [0.3, 0.4) is 0 Å². The second kappa shape index (κ2) is 7.06. The minimum atomic E-state index is -4.46. The Hall–Kier alpha value is -3.23. The summed E-state index contributed by atoms with van der Waals surface area (Å²) in [7, 11) is 0. The molecular formula is C19H16F3N5O. The number of rotatable bonds is 5. The number of alkyl halides is 3. The molecular weight excluding hydrogens is 371 g/mol. The van der Waals surface area contributed by atoms with Crippen molar-refractivity contribution in [2.45, 2.75) is 31.6 Å². The fourth-order valence-electron chi connectivity index (χ4n) is 3.10. The Labute approximate surface area is 158 Å². The molecule has 1 saturated carbocycles. The van der Waals surface area contributed by atoms with E-state index in [1.54, 1.807) is 30.3 Å². The van der Waals surface area contributed by atoms with Crippen molar-refractivity contribution >= 4 is 5.91 Å². The van der Waals surface area contributed by atoms with Crippen LogP contribution in [0, 0.1) is 0 Å². The third-order valence-electron chi connectivity index (χ3n) is 4.62. The van der Waals surface area contributed by atoms with Crippen molar-refractivity contribution in [3.8, 4) is 5.69 Å². The zero-order valence-corrected chi connectivity index (χ0v) is 14.7. The quantitative estimate of drug-likeness (QED) is 0.672. The smallest absolute Gasteiger partial charge is 0.331 e. The Morgan fingerprint density at radius 2 is 1.93 bits per heavy atom. The Bertz CT molecular complexity index is 983. The highest BCUT2D eigenvalue weighted by Gasteiger charge is 2.37. The van der Waals surface area contributed by atoms with Crippen LogP contribution in [-0.4, -0.2) is 37.1 Å². The molecule has 9 heteroatoms. The van der Waals surface area contributed by atoms with E-state index >= 15 is 0 Å². The molecule has 28 heavy (non-hydrogen) atoms. The second-order valence-electron chi connectivity index (χ2n) is 6.62. The fraction of sp³-hybridized carbons (Fsp3) is 0.263. The SMILES string of the molecule is O=C(c1cccc(-n2cnnn2)c1)N(Cc1ccccc1C(F)(F)F)C1CC1. The molecule has 4 rings (SSSR count). The highest BCUT2D eigenvalue weighted by Crippen LogP contribution is 2.35. The van der Waals surface area contributed by atoms with Crippen molar-refractivity contribution in [2.24, 2.45) is 0 Å². The number of nitrogens with zero attached hydrogens (tertiary/aromatic N) is 5. The monoisotopic (exact) mass is 387 g/mol. The van der Waals surface area contributed by atoms with Crippen LogP contribution in [0.4, 0.5) is 13.2 Å². The highest BCUT2D eigenvalue weighted by molar-refractivity contribution is 5.95. The van der Waals surface area contributed by atoms with Crippen LogP contribution < -0.4 is 0 Å². The molecule has 6 nitrogen and oxygen atoms in total. The topological polar surface area (TPSA) is 63.9 Å². The Morgan fingerprint density at radius 3 is 2.61 bits per heavy atom. The number of hydrogen-bond donors (Lipinski definition) is 0. The number of amides is 1. The van der Waals surface area contributed by atoms with E-state index in [-0.39, 0.29) is 24.1 Å². The van der Waals surface area contributed by atoms with Crippen LogP contribution in [0.2, 0.25) is 0 Å². The zero-order valence-electron chi connectivity index (χ0n) is 14.7. The van der Waals surface area contributed by atoms with Gasteiger partial charge < -0.3 is 4.90 Å². The fourth-order valence-corrected chi connectivity index (χ4v) is 3.10. The molecule has 0 saturated heterocycles. The molecule has 0 spiro atoms. The summed E-state index contributed by atoms with van der Waals surface area (Å²) in [6, 6.07) is 12.0. The molecule has 1 heterocycles. The highest BCUT2D eigenvalue weighted by atomic mass is 19.4. The summed E-state index contributed by atoms with van der Waals surface area (Å²) in [4.78, 5) is 14.6. The maximum absolute atomic E-state index is 13.3. The average molecular weight is 387 g/mol. The van der Waals surface area contributed by atoms with Gasteiger partial charge in [-0.15, -0.1) is 5.10 Å². The number of carbonyl (C=O) groups is 1. The molecule has 0 atom stereocenters. The lowest BCUT2D eigenvalue weighted by Gasteiger charge is -2.24. The van der Waals surface area contributed by atoms with Gasteiger partial charge in [0.2, 0.25) is 0 Å². The summed E-state index contributed by atoms with van der Waals surface area (Å²) >= 11 is 0. The number of halogens is 3. The molecule has 1 amide bonds. The molecule has 0 N–H and O–H groups in total. The van der Waals surface area contributed by atoms with Gasteiger partial charge in [0.05, 0.1) is 11.3 Å². The van der Waals surface area contributed by atoms with E-state index in [4.69, 9.17) is 0 Å². The van der Waals surface area contributed by atoms with E-state index in [1.807, 2.05) is 0 Å². The third-order valence-corrected chi connectivity index (χ3v) is 4.62. The largest absolute Gasteiger partial charge is 0.416 e. The van der Waals surface area contributed by atoms with Gasteiger partial charge in [-0.1, -0.05) is 24.3 Å². The predicted molar refractivity (Wildman–Crippen MR) is 93.5 cm³/mol. The maximum atomic E-state index is 13.3. The standard InChI is InChI=1S/C19H16F3N5O/c20-19(21,22)17-7-2-1-4-14(17)11-26(15-8-9-15)18(28)13-5-3-6-16(10-13)27-12-23-24-25-27/h1-7,10,12,15H,8-9,11H2. The van der Waals surface area contributed by atoms with Crippen molar-refractivity contribution in [3.05, 3.63) is 71.5 Å². The van der Waals surface area contributed by atoms with Gasteiger partial charge in [0.1, 0.15) is 6.33 Å². The van der Waals surface area contributed by atoms with E-state index in [9.17, 15) is 18.0 Å². The summed E-state index contributed by atoms with van der Waals surface area (Å²) in [5.74, 6) is -0.311. The summed E-state index contributed by atoms with van der Waals surface area (Å²) in [5, 5.41) is 10.9. The molecule has 144 valence electrons. The second-order valence-corrected chi connectivity index (χ2v) is 6.62. The van der Waals surface area contributed by atoms with Gasteiger partial charge in [-0.2, -0.15) is 13.2 Å². The van der Waals surface area contributed by atoms with Crippen molar-refractivity contribution < 1.29 is 18.0 Å². The summed E-state index contributed by atoms with van der Waals surface area (Å²) < 4.78 is 41.4. The first-order valence-electron chi connectivity index (χ1n) is 8.73. The first-order chi connectivity index (χ1) is 13.4. The lowest BCUT2D eigenvalue weighted by Crippen LogP contribution is -2.33. The maximum Gasteiger partial charge on any atom is 0.416 e. The Balaban J connectivity index is 1.63. The van der Waals surface area contributed by atoms with Gasteiger partial charge in [-0.25, -0.2) is 4.68 Å². The summed E-state index contributed by atoms with van der Waals surface area (Å²) in [6.07, 6.45) is -1.49. The van der Waals surface area contributed by atoms with Gasteiger partial charge >= 0.3 is 6.18 Å². The van der Waals surface area contributed by atoms with Crippen molar-refractivity contribution in [1.29, 1.82) is 0 Å².